The zero-order chi connectivity index (χ0) is 28.4. The quantitative estimate of drug-likeness (QED) is 0.0819. The molecule has 4 aromatic rings. The summed E-state index contributed by atoms with van der Waals surface area (Å²) < 4.78 is 6.27. The molecule has 1 aliphatic rings. The number of rotatable bonds is 8. The minimum absolute atomic E-state index is 0.0203. The van der Waals surface area contributed by atoms with E-state index in [4.69, 9.17) is 4.74 Å². The Labute approximate surface area is 241 Å². The SMILES string of the molecule is CCOc1ccc(C2/C(=C(\O)c3cc(C)ccc3C)C(=O)C(=O)N2c2nnc(SCc3ccc(C)cc3)s2)cc1. The van der Waals surface area contributed by atoms with Gasteiger partial charge in [0.05, 0.1) is 18.2 Å². The molecule has 40 heavy (non-hydrogen) atoms. The van der Waals surface area contributed by atoms with Gasteiger partial charge in [-0.3, -0.25) is 14.5 Å². The molecule has 3 aromatic carbocycles. The topological polar surface area (TPSA) is 92.6 Å². The Hall–Kier alpha value is -3.95. The van der Waals surface area contributed by atoms with Gasteiger partial charge in [0.15, 0.2) is 4.34 Å². The molecule has 7 nitrogen and oxygen atoms in total. The van der Waals surface area contributed by atoms with Gasteiger partial charge in [-0.15, -0.1) is 10.2 Å². The summed E-state index contributed by atoms with van der Waals surface area (Å²) in [6.45, 7) is 8.23. The van der Waals surface area contributed by atoms with Gasteiger partial charge in [0.2, 0.25) is 5.13 Å². The third-order valence-electron chi connectivity index (χ3n) is 6.68. The highest BCUT2D eigenvalue weighted by Gasteiger charge is 2.48. The van der Waals surface area contributed by atoms with Gasteiger partial charge in [0, 0.05) is 11.3 Å². The van der Waals surface area contributed by atoms with Crippen molar-refractivity contribution in [2.45, 2.75) is 43.8 Å². The Kier molecular flexibility index (Phi) is 8.04. The van der Waals surface area contributed by atoms with Gasteiger partial charge >= 0.3 is 5.91 Å². The van der Waals surface area contributed by atoms with Gasteiger partial charge in [-0.05, 0) is 62.6 Å². The van der Waals surface area contributed by atoms with E-state index in [0.29, 0.717) is 38.7 Å². The van der Waals surface area contributed by atoms with E-state index in [1.165, 1.54) is 33.6 Å². The summed E-state index contributed by atoms with van der Waals surface area (Å²) in [6, 6.07) is 20.2. The lowest BCUT2D eigenvalue weighted by atomic mass is 9.93. The van der Waals surface area contributed by atoms with Gasteiger partial charge < -0.3 is 9.84 Å². The summed E-state index contributed by atoms with van der Waals surface area (Å²) in [5, 5.41) is 20.4. The van der Waals surface area contributed by atoms with Crippen molar-refractivity contribution in [3.05, 3.63) is 106 Å². The number of thioether (sulfide) groups is 1. The second-order valence-corrected chi connectivity index (χ2v) is 11.8. The van der Waals surface area contributed by atoms with Crippen LogP contribution in [0.2, 0.25) is 0 Å². The van der Waals surface area contributed by atoms with Crippen LogP contribution >= 0.6 is 23.1 Å². The van der Waals surface area contributed by atoms with Gasteiger partial charge in [-0.1, -0.05) is 82.8 Å². The van der Waals surface area contributed by atoms with Crippen LogP contribution in [0.5, 0.6) is 5.75 Å². The molecular weight excluding hydrogens is 542 g/mol. The Morgan fingerprint density at radius 3 is 2.38 bits per heavy atom. The van der Waals surface area contributed by atoms with E-state index in [1.807, 2.05) is 45.9 Å². The van der Waals surface area contributed by atoms with E-state index in [-0.39, 0.29) is 11.3 Å². The number of aliphatic hydroxyl groups excluding tert-OH is 1. The van der Waals surface area contributed by atoms with Crippen molar-refractivity contribution in [1.82, 2.24) is 10.2 Å². The standard InChI is InChI=1S/C31H29N3O4S2/c1-5-38-23-14-12-22(13-15-23)26-25(27(35)24-16-19(3)6-9-20(24)4)28(36)29(37)34(26)30-32-33-31(40-30)39-17-21-10-7-18(2)8-11-21/h6-16,26,35H,5,17H2,1-4H3/b27-25+. The van der Waals surface area contributed by atoms with Crippen molar-refractivity contribution in [3.8, 4) is 5.75 Å². The van der Waals surface area contributed by atoms with E-state index >= 15 is 0 Å². The first kappa shape index (κ1) is 27.6. The molecule has 9 heteroatoms. The molecule has 0 radical (unpaired) electrons. The van der Waals surface area contributed by atoms with E-state index in [1.54, 1.807) is 24.3 Å². The molecule has 0 bridgehead atoms. The van der Waals surface area contributed by atoms with Crippen molar-refractivity contribution in [2.24, 2.45) is 0 Å². The van der Waals surface area contributed by atoms with Gasteiger partial charge in [0.25, 0.3) is 5.78 Å². The highest BCUT2D eigenvalue weighted by atomic mass is 32.2. The number of anilines is 1. The van der Waals surface area contributed by atoms with Crippen molar-refractivity contribution in [1.29, 1.82) is 0 Å². The Morgan fingerprint density at radius 1 is 0.975 bits per heavy atom. The van der Waals surface area contributed by atoms with Crippen molar-refractivity contribution < 1.29 is 19.4 Å². The van der Waals surface area contributed by atoms with Crippen LogP contribution in [0, 0.1) is 20.8 Å². The number of Topliss-reactive ketones (excluding diaryl/α,β-unsaturated/α-hetero) is 1. The Morgan fingerprint density at radius 2 is 1.68 bits per heavy atom. The molecule has 0 aliphatic carbocycles. The normalized spacial score (nSPS) is 16.5. The average molecular weight is 572 g/mol. The summed E-state index contributed by atoms with van der Waals surface area (Å²) in [6.07, 6.45) is 0. The number of aliphatic hydroxyl groups is 1. The maximum atomic E-state index is 13.5. The molecule has 2 heterocycles. The number of hydrogen-bond donors (Lipinski definition) is 1. The van der Waals surface area contributed by atoms with E-state index in [9.17, 15) is 14.7 Å². The van der Waals surface area contributed by atoms with Crippen molar-refractivity contribution in [3.63, 3.8) is 0 Å². The fourth-order valence-corrected chi connectivity index (χ4v) is 6.41. The minimum Gasteiger partial charge on any atom is -0.507 e. The largest absolute Gasteiger partial charge is 0.507 e. The molecule has 1 aliphatic heterocycles. The fraction of sp³-hybridized carbons (Fsp3) is 0.226. The molecular formula is C31H29N3O4S2. The zero-order valence-electron chi connectivity index (χ0n) is 22.7. The summed E-state index contributed by atoms with van der Waals surface area (Å²) >= 11 is 2.76. The molecule has 1 amide bonds. The van der Waals surface area contributed by atoms with E-state index < -0.39 is 17.7 Å². The number of benzene rings is 3. The third kappa shape index (κ3) is 5.52. The molecule has 1 aromatic heterocycles. The lowest BCUT2D eigenvalue weighted by molar-refractivity contribution is -0.132. The summed E-state index contributed by atoms with van der Waals surface area (Å²) in [5.74, 6) is -0.357. The molecule has 204 valence electrons. The molecule has 0 saturated carbocycles. The van der Waals surface area contributed by atoms with Crippen LogP contribution in [0.4, 0.5) is 5.13 Å². The molecule has 1 atom stereocenters. The number of aromatic nitrogens is 2. The number of carbonyl (C=O) groups excluding carboxylic acids is 2. The number of carbonyl (C=O) groups is 2. The van der Waals surface area contributed by atoms with Crippen molar-refractivity contribution >= 4 is 45.7 Å². The summed E-state index contributed by atoms with van der Waals surface area (Å²) in [4.78, 5) is 28.4. The van der Waals surface area contributed by atoms with Crippen LogP contribution in [-0.4, -0.2) is 33.6 Å². The lowest BCUT2D eigenvalue weighted by Gasteiger charge is -2.23. The highest BCUT2D eigenvalue weighted by Crippen LogP contribution is 2.44. The number of ether oxygens (including phenoxy) is 1. The van der Waals surface area contributed by atoms with Crippen LogP contribution in [0.3, 0.4) is 0 Å². The molecule has 1 saturated heterocycles. The van der Waals surface area contributed by atoms with Crippen LogP contribution in [0.25, 0.3) is 5.76 Å². The molecule has 1 unspecified atom stereocenters. The van der Waals surface area contributed by atoms with Gasteiger partial charge in [-0.25, -0.2) is 0 Å². The first-order valence-electron chi connectivity index (χ1n) is 12.9. The van der Waals surface area contributed by atoms with Gasteiger partial charge in [0.1, 0.15) is 11.5 Å². The number of nitrogens with zero attached hydrogens (tertiary/aromatic N) is 3. The van der Waals surface area contributed by atoms with E-state index in [2.05, 4.69) is 34.5 Å². The van der Waals surface area contributed by atoms with E-state index in [0.717, 1.165) is 16.7 Å². The van der Waals surface area contributed by atoms with Crippen LogP contribution < -0.4 is 9.64 Å². The summed E-state index contributed by atoms with van der Waals surface area (Å²) in [7, 11) is 0. The zero-order valence-corrected chi connectivity index (χ0v) is 24.3. The molecule has 1 N–H and O–H groups in total. The Bertz CT molecular complexity index is 1590. The maximum absolute atomic E-state index is 13.5. The third-order valence-corrected chi connectivity index (χ3v) is 8.81. The van der Waals surface area contributed by atoms with Crippen LogP contribution in [0.1, 0.15) is 46.3 Å². The highest BCUT2D eigenvalue weighted by molar-refractivity contribution is 8.00. The second-order valence-electron chi connectivity index (χ2n) is 9.61. The Balaban J connectivity index is 1.55. The molecule has 0 spiro atoms. The van der Waals surface area contributed by atoms with Gasteiger partial charge in [-0.2, -0.15) is 0 Å². The first-order chi connectivity index (χ1) is 19.3. The fourth-order valence-electron chi connectivity index (χ4n) is 4.58. The average Bonchev–Trinajstić information content (AvgIpc) is 3.52. The monoisotopic (exact) mass is 571 g/mol. The first-order valence-corrected chi connectivity index (χ1v) is 14.7. The van der Waals surface area contributed by atoms with Crippen molar-refractivity contribution in [2.75, 3.05) is 11.5 Å². The minimum atomic E-state index is -0.876. The predicted octanol–water partition coefficient (Wildman–Crippen LogP) is 6.78. The van der Waals surface area contributed by atoms with Crippen LogP contribution in [-0.2, 0) is 15.3 Å². The predicted molar refractivity (Wildman–Crippen MR) is 159 cm³/mol. The number of aryl methyl sites for hydroxylation is 3. The molecule has 1 fully saturated rings. The van der Waals surface area contributed by atoms with Crippen LogP contribution in [0.15, 0.2) is 76.6 Å². The molecule has 5 rings (SSSR count). The number of hydrogen-bond acceptors (Lipinski definition) is 8. The lowest BCUT2D eigenvalue weighted by Crippen LogP contribution is -2.29. The maximum Gasteiger partial charge on any atom is 0.301 e. The second kappa shape index (κ2) is 11.7. The summed E-state index contributed by atoms with van der Waals surface area (Å²) in [5.41, 5.74) is 5.25. The number of amides is 1. The smallest absolute Gasteiger partial charge is 0.301 e. The number of ketones is 1.